The Hall–Kier alpha value is -2.78. The summed E-state index contributed by atoms with van der Waals surface area (Å²) in [6.45, 7) is 2.05. The molecule has 1 aliphatic rings. The number of ether oxygens (including phenoxy) is 2. The van der Waals surface area contributed by atoms with Crippen molar-refractivity contribution in [3.05, 3.63) is 51.4 Å². The number of nitrogens with one attached hydrogen (secondary N) is 2. The normalized spacial score (nSPS) is 12.8. The lowest BCUT2D eigenvalue weighted by Gasteiger charge is -2.11. The number of rotatable bonds is 5. The predicted octanol–water partition coefficient (Wildman–Crippen LogP) is 4.11. The molecule has 1 aliphatic carbocycles. The molecule has 0 saturated heterocycles. The minimum Gasteiger partial charge on any atom is -0.465 e. The van der Waals surface area contributed by atoms with Crippen LogP contribution in [-0.2, 0) is 22.3 Å². The van der Waals surface area contributed by atoms with Crippen molar-refractivity contribution in [2.45, 2.75) is 39.0 Å². The molecule has 7 nitrogen and oxygen atoms in total. The summed E-state index contributed by atoms with van der Waals surface area (Å²) in [4.78, 5) is 37.8. The molecule has 1 heterocycles. The Morgan fingerprint density at radius 3 is 2.39 bits per heavy atom. The third kappa shape index (κ3) is 5.48. The molecule has 0 fully saturated rings. The molecule has 1 amide bonds. The molecule has 2 aromatic rings. The predicted molar refractivity (Wildman–Crippen MR) is 123 cm³/mol. The van der Waals surface area contributed by atoms with E-state index < -0.39 is 11.9 Å². The van der Waals surface area contributed by atoms with Crippen molar-refractivity contribution < 1.29 is 23.9 Å². The summed E-state index contributed by atoms with van der Waals surface area (Å²) < 4.78 is 9.92. The van der Waals surface area contributed by atoms with Gasteiger partial charge in [-0.15, -0.1) is 11.3 Å². The maximum atomic E-state index is 12.6. The van der Waals surface area contributed by atoms with Crippen molar-refractivity contribution >= 4 is 51.5 Å². The fourth-order valence-electron chi connectivity index (χ4n) is 3.44. The van der Waals surface area contributed by atoms with Gasteiger partial charge in [0, 0.05) is 10.4 Å². The first-order valence-electron chi connectivity index (χ1n) is 10.1. The number of carbonyl (C=O) groups is 3. The number of fused-ring (bicyclic) bond motifs is 1. The Balaban J connectivity index is 1.74. The summed E-state index contributed by atoms with van der Waals surface area (Å²) in [7, 11) is 1.29. The number of aryl methyl sites for hydroxylation is 1. The van der Waals surface area contributed by atoms with Crippen molar-refractivity contribution in [2.75, 3.05) is 19.0 Å². The Labute approximate surface area is 190 Å². The number of anilines is 1. The summed E-state index contributed by atoms with van der Waals surface area (Å²) in [6, 6.07) is 6.04. The molecule has 31 heavy (non-hydrogen) atoms. The van der Waals surface area contributed by atoms with Crippen LogP contribution in [0.2, 0.25) is 0 Å². The van der Waals surface area contributed by atoms with Crippen LogP contribution < -0.4 is 10.6 Å². The van der Waals surface area contributed by atoms with Gasteiger partial charge in [0.2, 0.25) is 0 Å². The third-order valence-corrected chi connectivity index (χ3v) is 6.33. The van der Waals surface area contributed by atoms with E-state index in [1.165, 1.54) is 42.7 Å². The van der Waals surface area contributed by atoms with Crippen LogP contribution in [-0.4, -0.2) is 36.7 Å². The average Bonchev–Trinajstić information content (AvgIpc) is 2.93. The van der Waals surface area contributed by atoms with Crippen LogP contribution in [0, 0.1) is 0 Å². The van der Waals surface area contributed by atoms with E-state index in [0.29, 0.717) is 21.7 Å². The van der Waals surface area contributed by atoms with Gasteiger partial charge in [-0.2, -0.15) is 0 Å². The van der Waals surface area contributed by atoms with E-state index in [-0.39, 0.29) is 17.7 Å². The number of methoxy groups -OCH3 is 1. The molecule has 2 N–H and O–H groups in total. The van der Waals surface area contributed by atoms with Gasteiger partial charge < -0.3 is 14.8 Å². The second kappa shape index (κ2) is 10.5. The number of hydrogen-bond acceptors (Lipinski definition) is 7. The molecule has 0 aliphatic heterocycles. The van der Waals surface area contributed by atoms with E-state index in [1.807, 2.05) is 0 Å². The van der Waals surface area contributed by atoms with Gasteiger partial charge in [0.15, 0.2) is 5.11 Å². The van der Waals surface area contributed by atoms with E-state index in [9.17, 15) is 14.4 Å². The molecule has 0 saturated carbocycles. The largest absolute Gasteiger partial charge is 0.465 e. The zero-order chi connectivity index (χ0) is 22.4. The van der Waals surface area contributed by atoms with Gasteiger partial charge in [0.25, 0.3) is 5.91 Å². The molecule has 0 atom stereocenters. The number of thiophene rings is 1. The van der Waals surface area contributed by atoms with Crippen molar-refractivity contribution in [1.29, 1.82) is 0 Å². The number of benzene rings is 1. The second-order valence-electron chi connectivity index (χ2n) is 6.97. The molecule has 0 unspecified atom stereocenters. The molecular formula is C22H24N2O5S2. The van der Waals surface area contributed by atoms with Crippen LogP contribution in [0.1, 0.15) is 67.7 Å². The third-order valence-electron chi connectivity index (χ3n) is 4.92. The summed E-state index contributed by atoms with van der Waals surface area (Å²) in [5, 5.41) is 6.31. The highest BCUT2D eigenvalue weighted by Gasteiger charge is 2.26. The Morgan fingerprint density at radius 2 is 1.71 bits per heavy atom. The van der Waals surface area contributed by atoms with Gasteiger partial charge in [0.1, 0.15) is 5.00 Å². The van der Waals surface area contributed by atoms with Crippen LogP contribution in [0.25, 0.3) is 0 Å². The minimum atomic E-state index is -0.479. The number of hydrogen-bond donors (Lipinski definition) is 2. The summed E-state index contributed by atoms with van der Waals surface area (Å²) in [6.07, 6.45) is 4.99. The van der Waals surface area contributed by atoms with Gasteiger partial charge >= 0.3 is 11.9 Å². The molecule has 9 heteroatoms. The molecular weight excluding hydrogens is 436 g/mol. The maximum absolute atomic E-state index is 12.6. The van der Waals surface area contributed by atoms with E-state index >= 15 is 0 Å². The maximum Gasteiger partial charge on any atom is 0.341 e. The second-order valence-corrected chi connectivity index (χ2v) is 8.48. The standard InChI is InChI=1S/C22H24N2O5S2/c1-3-29-21(27)17-15-7-5-4-6-8-16(15)31-19(17)24-22(30)23-18(25)13-9-11-14(12-10-13)20(26)28-2/h9-12H,3-8H2,1-2H3,(H2,23,24,25,30). The Bertz CT molecular complexity index is 998. The first-order chi connectivity index (χ1) is 14.9. The van der Waals surface area contributed by atoms with Gasteiger partial charge in [-0.05, 0) is 74.7 Å². The zero-order valence-corrected chi connectivity index (χ0v) is 19.0. The molecule has 1 aromatic heterocycles. The molecule has 1 aromatic carbocycles. The van der Waals surface area contributed by atoms with Crippen molar-refractivity contribution in [3.8, 4) is 0 Å². The van der Waals surface area contributed by atoms with Crippen molar-refractivity contribution in [2.24, 2.45) is 0 Å². The highest BCUT2D eigenvalue weighted by atomic mass is 32.1. The molecule has 0 bridgehead atoms. The SMILES string of the molecule is CCOC(=O)c1c(NC(=S)NC(=O)c2ccc(C(=O)OC)cc2)sc2c1CCCCC2. The minimum absolute atomic E-state index is 0.0870. The monoisotopic (exact) mass is 460 g/mol. The Morgan fingerprint density at radius 1 is 1.03 bits per heavy atom. The number of carbonyl (C=O) groups excluding carboxylic acids is 3. The summed E-state index contributed by atoms with van der Waals surface area (Å²) in [5.41, 5.74) is 2.22. The van der Waals surface area contributed by atoms with Crippen molar-refractivity contribution in [1.82, 2.24) is 5.32 Å². The van der Waals surface area contributed by atoms with Crippen LogP contribution in [0.5, 0.6) is 0 Å². The number of thiocarbonyl (C=S) groups is 1. The summed E-state index contributed by atoms with van der Waals surface area (Å²) in [5.74, 6) is -1.28. The van der Waals surface area contributed by atoms with Gasteiger partial charge in [-0.25, -0.2) is 9.59 Å². The van der Waals surface area contributed by atoms with E-state index in [2.05, 4.69) is 15.4 Å². The van der Waals surface area contributed by atoms with Crippen LogP contribution in [0.15, 0.2) is 24.3 Å². The highest BCUT2D eigenvalue weighted by Crippen LogP contribution is 2.38. The van der Waals surface area contributed by atoms with Gasteiger partial charge in [0.05, 0.1) is 24.8 Å². The van der Waals surface area contributed by atoms with Crippen LogP contribution in [0.3, 0.4) is 0 Å². The first-order valence-corrected chi connectivity index (χ1v) is 11.3. The molecule has 0 spiro atoms. The van der Waals surface area contributed by atoms with Crippen molar-refractivity contribution in [3.63, 3.8) is 0 Å². The summed E-state index contributed by atoms with van der Waals surface area (Å²) >= 11 is 6.80. The van der Waals surface area contributed by atoms with Gasteiger partial charge in [-0.3, -0.25) is 10.1 Å². The zero-order valence-electron chi connectivity index (χ0n) is 17.4. The highest BCUT2D eigenvalue weighted by molar-refractivity contribution is 7.80. The molecule has 164 valence electrons. The average molecular weight is 461 g/mol. The topological polar surface area (TPSA) is 93.7 Å². The van der Waals surface area contributed by atoms with E-state index in [0.717, 1.165) is 42.5 Å². The fraction of sp³-hybridized carbons (Fsp3) is 0.364. The number of esters is 2. The lowest BCUT2D eigenvalue weighted by Crippen LogP contribution is -2.34. The van der Waals surface area contributed by atoms with E-state index in [1.54, 1.807) is 6.92 Å². The van der Waals surface area contributed by atoms with E-state index in [4.69, 9.17) is 17.0 Å². The van der Waals surface area contributed by atoms with Gasteiger partial charge in [-0.1, -0.05) is 6.42 Å². The van der Waals surface area contributed by atoms with Crippen LogP contribution in [0.4, 0.5) is 5.00 Å². The number of amides is 1. The molecule has 3 rings (SSSR count). The van der Waals surface area contributed by atoms with Crippen LogP contribution >= 0.6 is 23.6 Å². The lowest BCUT2D eigenvalue weighted by molar-refractivity contribution is 0.0525. The molecule has 0 radical (unpaired) electrons. The Kier molecular flexibility index (Phi) is 7.75. The lowest BCUT2D eigenvalue weighted by atomic mass is 10.1. The quantitative estimate of drug-likeness (QED) is 0.394. The fourth-order valence-corrected chi connectivity index (χ4v) is 4.98. The first kappa shape index (κ1) is 22.9. The smallest absolute Gasteiger partial charge is 0.341 e.